The van der Waals surface area contributed by atoms with Gasteiger partial charge in [-0.15, -0.1) is 11.8 Å². The van der Waals surface area contributed by atoms with Crippen molar-refractivity contribution in [1.29, 1.82) is 0 Å². The molecule has 1 aromatic carbocycles. The van der Waals surface area contributed by atoms with E-state index in [9.17, 15) is 18.0 Å². The zero-order chi connectivity index (χ0) is 21.7. The minimum Gasteiger partial charge on any atom is -0.302 e. The standard InChI is InChI=1S/C22H28F3N3OS/c1-3-27(4-2)12-13-28-19-11-6-5-10-18(19)20(26-21(28)29)30-15-16-8-7-9-17(14-16)22(23,24)25/h7-9,14H,3-6,10-13,15H2,1-2H3. The van der Waals surface area contributed by atoms with Gasteiger partial charge in [-0.3, -0.25) is 4.57 Å². The van der Waals surface area contributed by atoms with E-state index in [2.05, 4.69) is 23.7 Å². The van der Waals surface area contributed by atoms with Gasteiger partial charge in [-0.05, 0) is 50.4 Å². The lowest BCUT2D eigenvalue weighted by atomic mass is 9.97. The van der Waals surface area contributed by atoms with E-state index in [-0.39, 0.29) is 5.69 Å². The van der Waals surface area contributed by atoms with Gasteiger partial charge in [0.2, 0.25) is 0 Å². The SMILES string of the molecule is CCN(CC)CCn1c2c(c(SCc3cccc(C(F)(F)F)c3)nc1=O)CCCC2. The van der Waals surface area contributed by atoms with Gasteiger partial charge < -0.3 is 4.90 Å². The number of halogens is 3. The normalized spacial score (nSPS) is 14.2. The van der Waals surface area contributed by atoms with Crippen LogP contribution in [-0.4, -0.2) is 34.1 Å². The number of benzene rings is 1. The summed E-state index contributed by atoms with van der Waals surface area (Å²) >= 11 is 1.36. The number of thioether (sulfide) groups is 1. The Morgan fingerprint density at radius 1 is 1.17 bits per heavy atom. The Kier molecular flexibility index (Phi) is 7.63. The van der Waals surface area contributed by atoms with Gasteiger partial charge in [0.25, 0.3) is 0 Å². The second-order valence-corrected chi connectivity index (χ2v) is 8.46. The molecule has 1 aliphatic rings. The van der Waals surface area contributed by atoms with E-state index in [0.29, 0.717) is 22.9 Å². The summed E-state index contributed by atoms with van der Waals surface area (Å²) < 4.78 is 40.7. The lowest BCUT2D eigenvalue weighted by molar-refractivity contribution is -0.137. The maximum atomic E-state index is 13.0. The fraction of sp³-hybridized carbons (Fsp3) is 0.545. The average molecular weight is 440 g/mol. The third kappa shape index (κ3) is 5.46. The van der Waals surface area contributed by atoms with E-state index in [4.69, 9.17) is 0 Å². The van der Waals surface area contributed by atoms with E-state index in [0.717, 1.165) is 62.6 Å². The molecule has 3 rings (SSSR count). The summed E-state index contributed by atoms with van der Waals surface area (Å²) in [6.07, 6.45) is -0.565. The quantitative estimate of drug-likeness (QED) is 0.439. The van der Waals surface area contributed by atoms with Gasteiger partial charge in [-0.25, -0.2) is 4.79 Å². The van der Waals surface area contributed by atoms with Gasteiger partial charge in [0.05, 0.1) is 5.56 Å². The molecule has 2 aromatic rings. The van der Waals surface area contributed by atoms with Gasteiger partial charge in [0.1, 0.15) is 5.03 Å². The first kappa shape index (κ1) is 22.9. The van der Waals surface area contributed by atoms with Crippen LogP contribution in [0.1, 0.15) is 49.1 Å². The van der Waals surface area contributed by atoms with Crippen LogP contribution in [0.5, 0.6) is 0 Å². The van der Waals surface area contributed by atoms with E-state index < -0.39 is 11.7 Å². The summed E-state index contributed by atoms with van der Waals surface area (Å²) in [6, 6.07) is 5.35. The average Bonchev–Trinajstić information content (AvgIpc) is 2.74. The second-order valence-electron chi connectivity index (χ2n) is 7.50. The molecule has 0 radical (unpaired) electrons. The van der Waals surface area contributed by atoms with Gasteiger partial charge in [0, 0.05) is 30.1 Å². The van der Waals surface area contributed by atoms with Crippen LogP contribution in [0.25, 0.3) is 0 Å². The molecule has 30 heavy (non-hydrogen) atoms. The molecule has 1 aromatic heterocycles. The van der Waals surface area contributed by atoms with Gasteiger partial charge in [-0.1, -0.05) is 32.0 Å². The number of aromatic nitrogens is 2. The molecule has 0 bridgehead atoms. The van der Waals surface area contributed by atoms with Crippen molar-refractivity contribution in [3.63, 3.8) is 0 Å². The molecule has 8 heteroatoms. The van der Waals surface area contributed by atoms with Gasteiger partial charge in [-0.2, -0.15) is 18.2 Å². The van der Waals surface area contributed by atoms with Crippen molar-refractivity contribution >= 4 is 11.8 Å². The maximum Gasteiger partial charge on any atom is 0.416 e. The van der Waals surface area contributed by atoms with Crippen LogP contribution in [0.2, 0.25) is 0 Å². The lowest BCUT2D eigenvalue weighted by Gasteiger charge is -2.25. The minimum atomic E-state index is -4.36. The van der Waals surface area contributed by atoms with Crippen molar-refractivity contribution in [2.75, 3.05) is 19.6 Å². The highest BCUT2D eigenvalue weighted by molar-refractivity contribution is 7.98. The first-order valence-electron chi connectivity index (χ1n) is 10.5. The largest absolute Gasteiger partial charge is 0.416 e. The Balaban J connectivity index is 1.82. The molecule has 164 valence electrons. The van der Waals surface area contributed by atoms with E-state index >= 15 is 0 Å². The van der Waals surface area contributed by atoms with E-state index in [1.807, 2.05) is 0 Å². The van der Waals surface area contributed by atoms with Crippen LogP contribution in [-0.2, 0) is 31.3 Å². The van der Waals surface area contributed by atoms with Crippen molar-refractivity contribution in [3.05, 3.63) is 57.1 Å². The predicted octanol–water partition coefficient (Wildman–Crippen LogP) is 4.78. The molecule has 0 amide bonds. The molecule has 0 saturated carbocycles. The molecule has 0 atom stereocenters. The maximum absolute atomic E-state index is 13.0. The molecule has 1 heterocycles. The first-order chi connectivity index (χ1) is 14.3. The lowest BCUT2D eigenvalue weighted by Crippen LogP contribution is -2.35. The smallest absolute Gasteiger partial charge is 0.302 e. The number of nitrogens with zero attached hydrogens (tertiary/aromatic N) is 3. The van der Waals surface area contributed by atoms with Crippen molar-refractivity contribution in [2.45, 2.75) is 63.0 Å². The van der Waals surface area contributed by atoms with Crippen LogP contribution in [0, 0.1) is 0 Å². The van der Waals surface area contributed by atoms with Crippen molar-refractivity contribution in [1.82, 2.24) is 14.5 Å². The van der Waals surface area contributed by atoms with Crippen LogP contribution in [0.15, 0.2) is 34.1 Å². The number of hydrogen-bond donors (Lipinski definition) is 0. The van der Waals surface area contributed by atoms with Crippen LogP contribution in [0.3, 0.4) is 0 Å². The third-order valence-corrected chi connectivity index (χ3v) is 6.70. The number of rotatable bonds is 8. The molecule has 0 unspecified atom stereocenters. The highest BCUT2D eigenvalue weighted by atomic mass is 32.2. The van der Waals surface area contributed by atoms with Crippen LogP contribution in [0.4, 0.5) is 13.2 Å². The topological polar surface area (TPSA) is 38.1 Å². The van der Waals surface area contributed by atoms with E-state index in [1.54, 1.807) is 10.6 Å². The molecular weight excluding hydrogens is 411 g/mol. The number of alkyl halides is 3. The summed E-state index contributed by atoms with van der Waals surface area (Å²) in [5, 5.41) is 0.672. The molecule has 0 fully saturated rings. The second kappa shape index (κ2) is 10.0. The molecular formula is C22H28F3N3OS. The fourth-order valence-electron chi connectivity index (χ4n) is 3.87. The Morgan fingerprint density at radius 3 is 2.60 bits per heavy atom. The minimum absolute atomic E-state index is 0.255. The monoisotopic (exact) mass is 439 g/mol. The Labute approximate surface area is 179 Å². The first-order valence-corrected chi connectivity index (χ1v) is 11.5. The molecule has 0 N–H and O–H groups in total. The van der Waals surface area contributed by atoms with Gasteiger partial charge in [0.15, 0.2) is 0 Å². The predicted molar refractivity (Wildman–Crippen MR) is 114 cm³/mol. The van der Waals surface area contributed by atoms with Crippen molar-refractivity contribution in [2.24, 2.45) is 0 Å². The molecule has 0 aliphatic heterocycles. The summed E-state index contributed by atoms with van der Waals surface area (Å²) in [5.74, 6) is 0.353. The molecule has 1 aliphatic carbocycles. The summed E-state index contributed by atoms with van der Waals surface area (Å²) in [5.41, 5.74) is 1.82. The molecule has 0 spiro atoms. The highest BCUT2D eigenvalue weighted by Gasteiger charge is 2.30. The zero-order valence-electron chi connectivity index (χ0n) is 17.5. The van der Waals surface area contributed by atoms with Crippen molar-refractivity contribution < 1.29 is 13.2 Å². The highest BCUT2D eigenvalue weighted by Crippen LogP contribution is 2.33. The van der Waals surface area contributed by atoms with E-state index in [1.165, 1.54) is 23.9 Å². The summed E-state index contributed by atoms with van der Waals surface area (Å²) in [6.45, 7) is 7.50. The summed E-state index contributed by atoms with van der Waals surface area (Å²) in [4.78, 5) is 19.4. The Hall–Kier alpha value is -1.80. The molecule has 4 nitrogen and oxygen atoms in total. The Bertz CT molecular complexity index is 923. The third-order valence-electron chi connectivity index (χ3n) is 5.61. The molecule has 0 saturated heterocycles. The number of fused-ring (bicyclic) bond motifs is 1. The van der Waals surface area contributed by atoms with Crippen LogP contribution < -0.4 is 5.69 Å². The zero-order valence-corrected chi connectivity index (χ0v) is 18.3. The number of likely N-dealkylation sites (N-methyl/N-ethyl adjacent to an activating group) is 1. The summed E-state index contributed by atoms with van der Waals surface area (Å²) in [7, 11) is 0. The fourth-order valence-corrected chi connectivity index (χ4v) is 4.89. The number of hydrogen-bond acceptors (Lipinski definition) is 4. The van der Waals surface area contributed by atoms with Gasteiger partial charge >= 0.3 is 11.9 Å². The van der Waals surface area contributed by atoms with Crippen LogP contribution >= 0.6 is 11.8 Å². The van der Waals surface area contributed by atoms with Crippen molar-refractivity contribution in [3.8, 4) is 0 Å². The Morgan fingerprint density at radius 2 is 1.90 bits per heavy atom.